The number of hydrogen-bond donors (Lipinski definition) is 1. The first-order valence-electron chi connectivity index (χ1n) is 8.52. The normalized spacial score (nSPS) is 10.6. The largest absolute Gasteiger partial charge is 1.00 e. The maximum atomic E-state index is 5.97. The third-order valence-corrected chi connectivity index (χ3v) is 5.06. The van der Waals surface area contributed by atoms with E-state index in [2.05, 4.69) is 17.5 Å². The van der Waals surface area contributed by atoms with Gasteiger partial charge in [0.2, 0.25) is 5.69 Å². The Balaban J connectivity index is 0.00000225. The molecule has 0 bridgehead atoms. The Kier molecular flexibility index (Phi) is 6.82. The number of benzene rings is 3. The molecule has 0 spiro atoms. The zero-order valence-electron chi connectivity index (χ0n) is 14.8. The number of aromatic nitrogens is 2. The van der Waals surface area contributed by atoms with Crippen LogP contribution in [0.1, 0.15) is 10.6 Å². The number of halogens is 2. The monoisotopic (exact) mass is 425 g/mol. The van der Waals surface area contributed by atoms with Gasteiger partial charge in [-0.25, -0.2) is 0 Å². The van der Waals surface area contributed by atoms with Gasteiger partial charge >= 0.3 is 0 Å². The first-order chi connectivity index (χ1) is 13.3. The van der Waals surface area contributed by atoms with Crippen LogP contribution in [0.3, 0.4) is 0 Å². The predicted molar refractivity (Wildman–Crippen MR) is 114 cm³/mol. The quantitative estimate of drug-likeness (QED) is 0.497. The number of nitrogens with one attached hydrogen (secondary N) is 1. The molecule has 0 saturated heterocycles. The molecule has 1 aromatic heterocycles. The fraction of sp³-hybridized carbons (Fsp3) is 0. The highest BCUT2D eigenvalue weighted by Crippen LogP contribution is 2.22. The average molecular weight is 426 g/mol. The Morgan fingerprint density at radius 3 is 2.14 bits per heavy atom. The van der Waals surface area contributed by atoms with E-state index in [0.717, 1.165) is 32.1 Å². The second-order valence-corrected chi connectivity index (χ2v) is 7.31. The molecule has 0 fully saturated rings. The van der Waals surface area contributed by atoms with E-state index in [0.29, 0.717) is 0 Å². The van der Waals surface area contributed by atoms with Crippen molar-refractivity contribution in [2.75, 3.05) is 5.32 Å². The highest BCUT2D eigenvalue weighted by Gasteiger charge is 2.20. The summed E-state index contributed by atoms with van der Waals surface area (Å²) in [6.07, 6.45) is 4.14. The van der Waals surface area contributed by atoms with Gasteiger partial charge in [0.1, 0.15) is 0 Å². The zero-order chi connectivity index (χ0) is 18.5. The molecule has 0 aliphatic rings. The summed E-state index contributed by atoms with van der Waals surface area (Å²) in [7, 11) is 0. The van der Waals surface area contributed by atoms with Gasteiger partial charge in [0, 0.05) is 34.0 Å². The maximum Gasteiger partial charge on any atom is 0.297 e. The molecule has 0 saturated carbocycles. The summed E-state index contributed by atoms with van der Waals surface area (Å²) in [4.78, 5) is 0. The van der Waals surface area contributed by atoms with Crippen LogP contribution in [0.15, 0.2) is 84.9 Å². The lowest BCUT2D eigenvalue weighted by molar-refractivity contribution is -0.654. The van der Waals surface area contributed by atoms with Crippen LogP contribution in [-0.2, 0) is 0 Å². The van der Waals surface area contributed by atoms with E-state index in [4.69, 9.17) is 16.7 Å². The molecule has 1 N–H and O–H groups in total. The van der Waals surface area contributed by atoms with E-state index in [-0.39, 0.29) is 12.4 Å². The minimum Gasteiger partial charge on any atom is -1.00 e. The molecule has 4 aromatic rings. The number of nitrogens with zero attached hydrogens (tertiary/aromatic N) is 2. The van der Waals surface area contributed by atoms with E-state index in [9.17, 15) is 0 Å². The lowest BCUT2D eigenvalue weighted by Crippen LogP contribution is -3.00. The molecule has 0 radical (unpaired) electrons. The Morgan fingerprint density at radius 2 is 1.46 bits per heavy atom. The summed E-state index contributed by atoms with van der Waals surface area (Å²) < 4.78 is 1.95. The van der Waals surface area contributed by atoms with Crippen molar-refractivity contribution in [3.8, 4) is 5.69 Å². The second kappa shape index (κ2) is 9.51. The van der Waals surface area contributed by atoms with E-state index in [1.165, 1.54) is 0 Å². The van der Waals surface area contributed by atoms with Crippen LogP contribution in [-0.4, -0.2) is 5.10 Å². The van der Waals surface area contributed by atoms with Crippen LogP contribution in [0.25, 0.3) is 17.8 Å². The topological polar surface area (TPSA) is 28.8 Å². The number of rotatable bonds is 5. The second-order valence-electron chi connectivity index (χ2n) is 5.87. The first kappa shape index (κ1) is 20.1. The van der Waals surface area contributed by atoms with Crippen LogP contribution in [0.4, 0.5) is 10.8 Å². The van der Waals surface area contributed by atoms with Crippen LogP contribution >= 0.6 is 22.9 Å². The predicted octanol–water partition coefficient (Wildman–Crippen LogP) is 2.99. The Morgan fingerprint density at radius 1 is 0.821 bits per heavy atom. The molecule has 0 amide bonds. The molecule has 6 heteroatoms. The fourth-order valence-corrected chi connectivity index (χ4v) is 3.58. The third-order valence-electron chi connectivity index (χ3n) is 3.92. The van der Waals surface area contributed by atoms with Crippen molar-refractivity contribution >= 4 is 45.9 Å². The van der Waals surface area contributed by atoms with Crippen molar-refractivity contribution in [2.45, 2.75) is 0 Å². The lowest BCUT2D eigenvalue weighted by Gasteiger charge is -1.97. The van der Waals surface area contributed by atoms with Gasteiger partial charge in [-0.1, -0.05) is 60.1 Å². The molecule has 3 aromatic carbocycles. The van der Waals surface area contributed by atoms with Crippen molar-refractivity contribution in [3.05, 3.63) is 101 Å². The summed E-state index contributed by atoms with van der Waals surface area (Å²) in [6, 6.07) is 27.9. The number of anilines is 2. The third kappa shape index (κ3) is 4.98. The van der Waals surface area contributed by atoms with Crippen molar-refractivity contribution < 1.29 is 17.1 Å². The van der Waals surface area contributed by atoms with Crippen LogP contribution in [0.2, 0.25) is 5.02 Å². The minimum atomic E-state index is 0. The molecular formula is C22H17Cl2N3S. The number of para-hydroxylation sites is 2. The highest BCUT2D eigenvalue weighted by atomic mass is 35.5. The van der Waals surface area contributed by atoms with Crippen molar-refractivity contribution in [2.24, 2.45) is 0 Å². The van der Waals surface area contributed by atoms with Gasteiger partial charge in [-0.3, -0.25) is 0 Å². The molecule has 28 heavy (non-hydrogen) atoms. The lowest BCUT2D eigenvalue weighted by atomic mass is 10.2. The van der Waals surface area contributed by atoms with E-state index in [1.54, 1.807) is 11.3 Å². The van der Waals surface area contributed by atoms with Gasteiger partial charge in [0.05, 0.1) is 0 Å². The summed E-state index contributed by atoms with van der Waals surface area (Å²) in [5, 5.41) is 10.7. The summed E-state index contributed by atoms with van der Waals surface area (Å²) in [6.45, 7) is 0. The molecule has 3 nitrogen and oxygen atoms in total. The molecule has 0 unspecified atom stereocenters. The average Bonchev–Trinajstić information content (AvgIpc) is 3.12. The summed E-state index contributed by atoms with van der Waals surface area (Å²) in [5.41, 5.74) is 3.12. The van der Waals surface area contributed by atoms with Crippen LogP contribution in [0.5, 0.6) is 0 Å². The standard InChI is InChI=1S/C22H17ClN3S.ClH/c23-18-14-11-17(12-15-18)13-16-21-26(20-9-5-2-6-10-20)25-22(27-21)24-19-7-3-1-4-8-19;/h1-16H,(H,24,25);1H/q+1;/p-1/b16-13+;. The molecule has 0 atom stereocenters. The van der Waals surface area contributed by atoms with Crippen molar-refractivity contribution in [3.63, 3.8) is 0 Å². The maximum absolute atomic E-state index is 5.97. The van der Waals surface area contributed by atoms with Gasteiger partial charge in [-0.15, -0.1) is 0 Å². The van der Waals surface area contributed by atoms with E-state index >= 15 is 0 Å². The summed E-state index contributed by atoms with van der Waals surface area (Å²) >= 11 is 7.57. The molecular weight excluding hydrogens is 409 g/mol. The Labute approximate surface area is 179 Å². The summed E-state index contributed by atoms with van der Waals surface area (Å²) in [5.74, 6) is 0. The smallest absolute Gasteiger partial charge is 0.297 e. The fourth-order valence-electron chi connectivity index (χ4n) is 2.60. The molecule has 140 valence electrons. The van der Waals surface area contributed by atoms with Gasteiger partial charge in [-0.2, -0.15) is 0 Å². The van der Waals surface area contributed by atoms with Gasteiger partial charge in [0.25, 0.3) is 10.1 Å². The van der Waals surface area contributed by atoms with Crippen LogP contribution < -0.4 is 22.4 Å². The van der Waals surface area contributed by atoms with E-state index in [1.807, 2.05) is 89.6 Å². The Bertz CT molecular complexity index is 1050. The van der Waals surface area contributed by atoms with E-state index < -0.39 is 0 Å². The highest BCUT2D eigenvalue weighted by molar-refractivity contribution is 7.15. The Hall–Kier alpha value is -2.66. The van der Waals surface area contributed by atoms with Gasteiger partial charge in [0.15, 0.2) is 0 Å². The van der Waals surface area contributed by atoms with Gasteiger partial charge in [-0.05, 0) is 51.9 Å². The van der Waals surface area contributed by atoms with Crippen LogP contribution in [0, 0.1) is 0 Å². The van der Waals surface area contributed by atoms with Crippen molar-refractivity contribution in [1.29, 1.82) is 0 Å². The molecule has 0 aliphatic carbocycles. The zero-order valence-corrected chi connectivity index (χ0v) is 17.1. The molecule has 0 aliphatic heterocycles. The molecule has 1 heterocycles. The van der Waals surface area contributed by atoms with Gasteiger partial charge < -0.3 is 17.7 Å². The SMILES string of the molecule is Clc1ccc(/C=C/c2sc(Nc3ccccc3)n[n+]2-c2ccccc2)cc1.[Cl-]. The number of hydrogen-bond acceptors (Lipinski definition) is 3. The first-order valence-corrected chi connectivity index (χ1v) is 9.72. The molecule has 4 rings (SSSR count). The minimum absolute atomic E-state index is 0. The van der Waals surface area contributed by atoms with Crippen molar-refractivity contribution in [1.82, 2.24) is 5.10 Å².